The number of hydrogen-bond donors (Lipinski definition) is 1. The number of benzene rings is 1. The Balaban J connectivity index is 2.39. The highest BCUT2D eigenvalue weighted by atomic mass is 16.2. The molecule has 1 fully saturated rings. The van der Waals surface area contributed by atoms with Gasteiger partial charge < -0.3 is 5.73 Å². The molecule has 21 heavy (non-hydrogen) atoms. The molecule has 1 heterocycles. The van der Waals surface area contributed by atoms with E-state index >= 15 is 0 Å². The number of nitrogen functional groups attached to an aromatic ring is 1. The van der Waals surface area contributed by atoms with Crippen molar-refractivity contribution in [2.45, 2.75) is 32.1 Å². The van der Waals surface area contributed by atoms with Crippen LogP contribution in [0.15, 0.2) is 23.0 Å². The first kappa shape index (κ1) is 8.71. The van der Waals surface area contributed by atoms with Crippen LogP contribution in [-0.2, 0) is 9.59 Å². The number of nitrogens with zero attached hydrogens (tertiary/aromatic N) is 2. The smallest absolute Gasteiger partial charge is 0.264 e. The second kappa shape index (κ2) is 4.80. The third-order valence-electron chi connectivity index (χ3n) is 3.30. The van der Waals surface area contributed by atoms with E-state index in [9.17, 15) is 14.4 Å². The zero-order valence-corrected chi connectivity index (χ0v) is 11.0. The van der Waals surface area contributed by atoms with Crippen LogP contribution in [0, 0.1) is 6.90 Å². The monoisotopic (exact) mass is 290 g/mol. The second-order valence-electron chi connectivity index (χ2n) is 4.64. The van der Waals surface area contributed by atoms with E-state index in [1.54, 1.807) is 0 Å². The molecule has 1 unspecified atom stereocenters. The van der Waals surface area contributed by atoms with Crippen LogP contribution < -0.4 is 11.3 Å². The van der Waals surface area contributed by atoms with Crippen molar-refractivity contribution in [2.75, 3.05) is 5.73 Å². The molecule has 1 saturated carbocycles. The van der Waals surface area contributed by atoms with Gasteiger partial charge in [-0.05, 0) is 25.4 Å². The molecule has 108 valence electrons. The third-order valence-corrected chi connectivity index (χ3v) is 3.30. The molecule has 0 amide bonds. The van der Waals surface area contributed by atoms with Gasteiger partial charge in [0.05, 0.1) is 26.1 Å². The van der Waals surface area contributed by atoms with Crippen molar-refractivity contribution in [2.24, 2.45) is 0 Å². The van der Waals surface area contributed by atoms with Gasteiger partial charge in [-0.15, -0.1) is 0 Å². The predicted octanol–water partition coefficient (Wildman–Crippen LogP) is 1.15. The number of aromatic nitrogens is 2. The standard InChI is InChI=1S/C15H15N3O3/c1-8-17-11-4-2-3-10(16)14(11)15(21)18(8)12-6-5-9(19)7-13(12)20/h2-4,12H,5-7,16H2,1H3/i1D,3D,5D2,12D. The molecule has 6 heteroatoms. The Morgan fingerprint density at radius 3 is 3.14 bits per heavy atom. The molecule has 1 aliphatic rings. The summed E-state index contributed by atoms with van der Waals surface area (Å²) in [6.45, 7) is -0.543. The van der Waals surface area contributed by atoms with Gasteiger partial charge in [0, 0.05) is 16.2 Å². The number of Topliss-reactive ketones (excluding diaryl/α,β-unsaturated/α-hetero) is 2. The first-order chi connectivity index (χ1) is 12.0. The fourth-order valence-electron chi connectivity index (χ4n) is 2.31. The minimum atomic E-state index is -2.47. The molecule has 0 spiro atoms. The van der Waals surface area contributed by atoms with Gasteiger partial charge in [-0.2, -0.15) is 0 Å². The zero-order chi connectivity index (χ0) is 19.4. The molecule has 2 N–H and O–H groups in total. The maximum absolute atomic E-state index is 13.0. The number of aryl methyl sites for hydroxylation is 1. The van der Waals surface area contributed by atoms with Crippen molar-refractivity contribution < 1.29 is 16.4 Å². The highest BCUT2D eigenvalue weighted by Gasteiger charge is 2.30. The van der Waals surface area contributed by atoms with Crippen molar-refractivity contribution in [1.29, 1.82) is 0 Å². The van der Waals surface area contributed by atoms with Crippen molar-refractivity contribution >= 4 is 28.2 Å². The Kier molecular flexibility index (Phi) is 1.99. The molecule has 1 aromatic carbocycles. The van der Waals surface area contributed by atoms with Gasteiger partial charge in [0.15, 0.2) is 5.78 Å². The summed E-state index contributed by atoms with van der Waals surface area (Å²) < 4.78 is 40.0. The third kappa shape index (κ3) is 2.12. The van der Waals surface area contributed by atoms with Gasteiger partial charge in [-0.1, -0.05) is 6.07 Å². The number of carbonyl (C=O) groups excluding carboxylic acids is 2. The molecule has 1 atom stereocenters. The molecule has 0 bridgehead atoms. The molecule has 3 rings (SSSR count). The van der Waals surface area contributed by atoms with E-state index in [-0.39, 0.29) is 28.5 Å². The fraction of sp³-hybridized carbons (Fsp3) is 0.333. The molecule has 0 aliphatic heterocycles. The number of carbonyl (C=O) groups is 2. The summed E-state index contributed by atoms with van der Waals surface area (Å²) in [7, 11) is 0. The number of hydrogen-bond acceptors (Lipinski definition) is 5. The van der Waals surface area contributed by atoms with Crippen molar-refractivity contribution in [3.63, 3.8) is 0 Å². The van der Waals surface area contributed by atoms with E-state index in [0.29, 0.717) is 4.57 Å². The van der Waals surface area contributed by atoms with Crippen LogP contribution in [0.1, 0.15) is 37.9 Å². The van der Waals surface area contributed by atoms with Crippen LogP contribution >= 0.6 is 0 Å². The maximum atomic E-state index is 13.0. The summed E-state index contributed by atoms with van der Waals surface area (Å²) in [5.74, 6) is -2.11. The quantitative estimate of drug-likeness (QED) is 0.628. The SMILES string of the molecule is [2H]Cc1nc2ccc([2H])c(N)c2c(=O)n1C1([2H])CC([2H])([2H])C(=O)CC1=O. The lowest BCUT2D eigenvalue weighted by Crippen LogP contribution is -2.36. The second-order valence-corrected chi connectivity index (χ2v) is 4.64. The van der Waals surface area contributed by atoms with Crippen molar-refractivity contribution in [3.8, 4) is 0 Å². The van der Waals surface area contributed by atoms with E-state index in [4.69, 9.17) is 12.6 Å². The lowest BCUT2D eigenvalue weighted by atomic mass is 9.92. The first-order valence-electron chi connectivity index (χ1n) is 8.90. The van der Waals surface area contributed by atoms with Gasteiger partial charge >= 0.3 is 0 Å². The average Bonchev–Trinajstić information content (AvgIpc) is 2.55. The number of anilines is 1. The Bertz CT molecular complexity index is 1020. The molecular weight excluding hydrogens is 270 g/mol. The summed E-state index contributed by atoms with van der Waals surface area (Å²) in [6.07, 6.45) is -4.16. The topological polar surface area (TPSA) is 95.0 Å². The molecular formula is C15H15N3O3. The van der Waals surface area contributed by atoms with Crippen LogP contribution in [-0.4, -0.2) is 21.1 Å². The molecule has 2 aromatic rings. The lowest BCUT2D eigenvalue weighted by Gasteiger charge is -2.24. The first-order valence-corrected chi connectivity index (χ1v) is 6.20. The minimum absolute atomic E-state index is 0.118. The molecule has 6 nitrogen and oxygen atoms in total. The molecule has 1 aliphatic carbocycles. The van der Waals surface area contributed by atoms with E-state index in [0.717, 1.165) is 0 Å². The molecule has 0 saturated heterocycles. The maximum Gasteiger partial charge on any atom is 0.264 e. The number of nitrogens with two attached hydrogens (primary N) is 1. The summed E-state index contributed by atoms with van der Waals surface area (Å²) in [4.78, 5) is 41.3. The van der Waals surface area contributed by atoms with E-state index in [2.05, 4.69) is 4.98 Å². The summed E-state index contributed by atoms with van der Waals surface area (Å²) >= 11 is 0. The number of rotatable bonds is 1. The van der Waals surface area contributed by atoms with Crippen LogP contribution in [0.25, 0.3) is 10.9 Å². The largest absolute Gasteiger partial charge is 0.398 e. The van der Waals surface area contributed by atoms with E-state index < -0.39 is 49.3 Å². The van der Waals surface area contributed by atoms with Crippen LogP contribution in [0.4, 0.5) is 5.69 Å². The van der Waals surface area contributed by atoms with Gasteiger partial charge in [0.25, 0.3) is 5.56 Å². The minimum Gasteiger partial charge on any atom is -0.398 e. The molecule has 0 radical (unpaired) electrons. The van der Waals surface area contributed by atoms with Gasteiger partial charge in [-0.3, -0.25) is 19.0 Å². The predicted molar refractivity (Wildman–Crippen MR) is 78.1 cm³/mol. The highest BCUT2D eigenvalue weighted by molar-refractivity contribution is 6.03. The van der Waals surface area contributed by atoms with Crippen molar-refractivity contribution in [3.05, 3.63) is 34.4 Å². The Morgan fingerprint density at radius 2 is 2.38 bits per heavy atom. The van der Waals surface area contributed by atoms with Crippen LogP contribution in [0.2, 0.25) is 0 Å². The van der Waals surface area contributed by atoms with E-state index in [1.165, 1.54) is 12.1 Å². The van der Waals surface area contributed by atoms with Gasteiger partial charge in [0.2, 0.25) is 0 Å². The number of ketones is 2. The van der Waals surface area contributed by atoms with Crippen LogP contribution in [0.5, 0.6) is 0 Å². The zero-order valence-electron chi connectivity index (χ0n) is 16.0. The fourth-order valence-corrected chi connectivity index (χ4v) is 2.31. The summed E-state index contributed by atoms with van der Waals surface area (Å²) in [5.41, 5.74) is 4.83. The number of fused-ring (bicyclic) bond motifs is 1. The normalized spacial score (nSPS) is 28.5. The Labute approximate surface area is 127 Å². The Hall–Kier alpha value is -2.50. The van der Waals surface area contributed by atoms with Gasteiger partial charge in [0.1, 0.15) is 11.6 Å². The summed E-state index contributed by atoms with van der Waals surface area (Å²) in [5, 5.41) is -0.174. The van der Waals surface area contributed by atoms with Gasteiger partial charge in [-0.25, -0.2) is 4.98 Å². The molecule has 1 aromatic heterocycles. The Morgan fingerprint density at radius 1 is 1.57 bits per heavy atom. The lowest BCUT2D eigenvalue weighted by molar-refractivity contribution is -0.132. The van der Waals surface area contributed by atoms with Crippen LogP contribution in [0.3, 0.4) is 0 Å². The summed E-state index contributed by atoms with van der Waals surface area (Å²) in [6, 6.07) is 0.153. The van der Waals surface area contributed by atoms with Crippen molar-refractivity contribution in [1.82, 2.24) is 9.55 Å². The average molecular weight is 290 g/mol. The van der Waals surface area contributed by atoms with E-state index in [1.807, 2.05) is 0 Å². The highest BCUT2D eigenvalue weighted by Crippen LogP contribution is 2.24.